The molecule has 0 N–H and O–H groups in total. The largest absolute Gasteiger partial charge is 0.691 e. The van der Waals surface area contributed by atoms with Crippen LogP contribution in [0.1, 0.15) is 19.3 Å². The van der Waals surface area contributed by atoms with E-state index in [9.17, 15) is 22.5 Å². The molecule has 0 aromatic heterocycles. The van der Waals surface area contributed by atoms with E-state index in [2.05, 4.69) is 14.1 Å². The number of hydrogen-bond acceptors (Lipinski definition) is 7. The fourth-order valence-corrected chi connectivity index (χ4v) is 2.99. The summed E-state index contributed by atoms with van der Waals surface area (Å²) in [5.41, 5.74) is -3.98. The van der Waals surface area contributed by atoms with Crippen molar-refractivity contribution in [1.29, 1.82) is 0 Å². The quantitative estimate of drug-likeness (QED) is 0.287. The molecule has 0 saturated carbocycles. The van der Waals surface area contributed by atoms with Crippen LogP contribution in [0, 0.1) is 0 Å². The first-order chi connectivity index (χ1) is 8.37. The van der Waals surface area contributed by atoms with Gasteiger partial charge in [0.05, 0.1) is 0 Å². The predicted octanol–water partition coefficient (Wildman–Crippen LogP) is 0.198. The van der Waals surface area contributed by atoms with Crippen LogP contribution in [0.4, 0.5) is 8.78 Å². The maximum atomic E-state index is 12.8. The molecule has 1 saturated heterocycles. The van der Waals surface area contributed by atoms with Crippen molar-refractivity contribution in [1.82, 2.24) is 4.31 Å². The maximum absolute atomic E-state index is 12.8. The standard InChI is InChI=1S/C7H13F2NO6S2/c8-7(9,17-16-15-11)14-6-18(12,13)10-4-2-1-3-5-10/h11H,1-6H2/p-1. The Kier molecular flexibility index (Phi) is 6.17. The van der Waals surface area contributed by atoms with Crippen LogP contribution in [-0.2, 0) is 24.1 Å². The lowest BCUT2D eigenvalue weighted by atomic mass is 10.2. The summed E-state index contributed by atoms with van der Waals surface area (Å²) in [6, 6.07) is 0. The zero-order valence-corrected chi connectivity index (χ0v) is 10.8. The van der Waals surface area contributed by atoms with Crippen molar-refractivity contribution in [3.8, 4) is 0 Å². The van der Waals surface area contributed by atoms with Crippen LogP contribution in [-0.4, -0.2) is 37.2 Å². The molecule has 0 aromatic carbocycles. The highest BCUT2D eigenvalue weighted by Gasteiger charge is 2.37. The van der Waals surface area contributed by atoms with E-state index in [1.54, 1.807) is 0 Å². The highest BCUT2D eigenvalue weighted by atomic mass is 32.2. The third-order valence-electron chi connectivity index (χ3n) is 2.24. The number of rotatable bonds is 7. The molecule has 0 radical (unpaired) electrons. The monoisotopic (exact) mass is 308 g/mol. The lowest BCUT2D eigenvalue weighted by Gasteiger charge is -2.26. The van der Waals surface area contributed by atoms with Gasteiger partial charge in [-0.3, -0.25) is 9.78 Å². The van der Waals surface area contributed by atoms with E-state index in [4.69, 9.17) is 0 Å². The lowest BCUT2D eigenvalue weighted by Crippen LogP contribution is -2.39. The summed E-state index contributed by atoms with van der Waals surface area (Å²) in [5.74, 6) is -1.19. The average Bonchev–Trinajstić information content (AvgIpc) is 2.36. The molecule has 0 amide bonds. The Morgan fingerprint density at radius 2 is 1.89 bits per heavy atom. The zero-order chi connectivity index (χ0) is 13.6. The first-order valence-electron chi connectivity index (χ1n) is 5.01. The molecule has 1 aliphatic heterocycles. The molecule has 1 rings (SSSR count). The molecule has 108 valence electrons. The number of halogens is 2. The molecule has 1 heterocycles. The van der Waals surface area contributed by atoms with E-state index in [1.165, 1.54) is 0 Å². The molecule has 18 heavy (non-hydrogen) atoms. The van der Waals surface area contributed by atoms with E-state index in [1.807, 2.05) is 0 Å². The second-order valence-electron chi connectivity index (χ2n) is 3.52. The summed E-state index contributed by atoms with van der Waals surface area (Å²) in [7, 11) is -3.90. The van der Waals surface area contributed by atoms with E-state index >= 15 is 0 Å². The van der Waals surface area contributed by atoms with Crippen LogP contribution in [0.25, 0.3) is 0 Å². The number of piperidine rings is 1. The molecule has 0 spiro atoms. The predicted molar refractivity (Wildman–Crippen MR) is 55.0 cm³/mol. The van der Waals surface area contributed by atoms with Gasteiger partial charge in [0.2, 0.25) is 10.0 Å². The van der Waals surface area contributed by atoms with Crippen molar-refractivity contribution in [2.24, 2.45) is 0 Å². The van der Waals surface area contributed by atoms with E-state index in [0.29, 0.717) is 25.9 Å². The summed E-state index contributed by atoms with van der Waals surface area (Å²) in [6.07, 6.45) is 2.29. The molecule has 11 heteroatoms. The van der Waals surface area contributed by atoms with E-state index < -0.39 is 33.4 Å². The molecule has 7 nitrogen and oxygen atoms in total. The smallest absolute Gasteiger partial charge is 0.437 e. The van der Waals surface area contributed by atoms with Gasteiger partial charge in [0, 0.05) is 13.1 Å². The highest BCUT2D eigenvalue weighted by molar-refractivity contribution is 7.95. The Morgan fingerprint density at radius 1 is 1.28 bits per heavy atom. The van der Waals surface area contributed by atoms with Gasteiger partial charge in [0.1, 0.15) is 12.0 Å². The Balaban J connectivity index is 2.45. The zero-order valence-electron chi connectivity index (χ0n) is 9.21. The molecular weight excluding hydrogens is 296 g/mol. The minimum absolute atomic E-state index is 0.296. The van der Waals surface area contributed by atoms with Gasteiger partial charge in [-0.2, -0.15) is 17.4 Å². The summed E-state index contributed by atoms with van der Waals surface area (Å²) in [6.45, 7) is 0.592. The Hall–Kier alpha value is -0.0400. The molecular formula is C7H12F2NO6S2-. The van der Waals surface area contributed by atoms with Gasteiger partial charge in [0.15, 0.2) is 5.94 Å². The van der Waals surface area contributed by atoms with Gasteiger partial charge < -0.3 is 5.26 Å². The Morgan fingerprint density at radius 3 is 2.44 bits per heavy atom. The second kappa shape index (κ2) is 6.93. The molecule has 1 aliphatic rings. The number of alkyl halides is 2. The Bertz CT molecular complexity index is 346. The number of hydrogen-bond donors (Lipinski definition) is 0. The molecule has 1 fully saturated rings. The van der Waals surface area contributed by atoms with E-state index in [-0.39, 0.29) is 0 Å². The highest BCUT2D eigenvalue weighted by Crippen LogP contribution is 2.31. The average molecular weight is 308 g/mol. The van der Waals surface area contributed by atoms with Gasteiger partial charge in [-0.05, 0) is 12.8 Å². The topological polar surface area (TPSA) is 88.1 Å². The minimum atomic E-state index is -3.98. The van der Waals surface area contributed by atoms with Gasteiger partial charge in [-0.15, -0.1) is 0 Å². The van der Waals surface area contributed by atoms with Crippen LogP contribution < -0.4 is 5.26 Å². The maximum Gasteiger partial charge on any atom is 0.437 e. The third-order valence-corrected chi connectivity index (χ3v) is 4.25. The molecule has 0 atom stereocenters. The second-order valence-corrected chi connectivity index (χ2v) is 6.21. The summed E-state index contributed by atoms with van der Waals surface area (Å²) < 4.78 is 57.3. The first kappa shape index (κ1) is 16.0. The molecule has 0 aliphatic carbocycles. The van der Waals surface area contributed by atoms with Crippen LogP contribution in [0.3, 0.4) is 0 Å². The number of nitrogens with zero attached hydrogens (tertiary/aromatic N) is 1. The first-order valence-corrected chi connectivity index (χ1v) is 7.36. The number of ether oxygens (including phenoxy) is 1. The molecule has 0 bridgehead atoms. The van der Waals surface area contributed by atoms with Crippen molar-refractivity contribution in [3.05, 3.63) is 0 Å². The number of sulfonamides is 1. The lowest BCUT2D eigenvalue weighted by molar-refractivity contribution is -0.777. The summed E-state index contributed by atoms with van der Waals surface area (Å²) in [5, 5.41) is 12.1. The third kappa shape index (κ3) is 5.30. The van der Waals surface area contributed by atoms with Crippen molar-refractivity contribution in [2.75, 3.05) is 19.0 Å². The van der Waals surface area contributed by atoms with Crippen LogP contribution in [0.15, 0.2) is 0 Å². The Labute approximate surface area is 107 Å². The van der Waals surface area contributed by atoms with Crippen molar-refractivity contribution in [3.63, 3.8) is 0 Å². The van der Waals surface area contributed by atoms with Crippen LogP contribution >= 0.6 is 12.0 Å². The van der Waals surface area contributed by atoms with Crippen molar-refractivity contribution in [2.45, 2.75) is 24.7 Å². The van der Waals surface area contributed by atoms with Gasteiger partial charge in [0.25, 0.3) is 0 Å². The van der Waals surface area contributed by atoms with Crippen LogP contribution in [0.5, 0.6) is 0 Å². The van der Waals surface area contributed by atoms with E-state index in [0.717, 1.165) is 10.7 Å². The molecule has 0 unspecified atom stereocenters. The molecule has 0 aromatic rings. The summed E-state index contributed by atoms with van der Waals surface area (Å²) in [4.78, 5) is 0. The SMILES string of the molecule is O=S(=O)(COC(F)(F)SOO[O-])N1CCCCC1. The fourth-order valence-electron chi connectivity index (χ4n) is 1.44. The summed E-state index contributed by atoms with van der Waals surface area (Å²) >= 11 is -0.707. The van der Waals surface area contributed by atoms with Crippen LogP contribution in [0.2, 0.25) is 0 Å². The minimum Gasteiger partial charge on any atom is -0.691 e. The van der Waals surface area contributed by atoms with Gasteiger partial charge in [-0.1, -0.05) is 6.42 Å². The normalized spacial score (nSPS) is 19.1. The van der Waals surface area contributed by atoms with Gasteiger partial charge >= 0.3 is 5.44 Å². The fraction of sp³-hybridized carbons (Fsp3) is 1.00. The van der Waals surface area contributed by atoms with Crippen molar-refractivity contribution < 1.29 is 36.6 Å². The van der Waals surface area contributed by atoms with Gasteiger partial charge in [-0.25, -0.2) is 8.42 Å². The van der Waals surface area contributed by atoms with Crippen molar-refractivity contribution >= 4 is 22.1 Å².